The van der Waals surface area contributed by atoms with Crippen molar-refractivity contribution in [1.29, 1.82) is 0 Å². The smallest absolute Gasteiger partial charge is 0.223 e. The fraction of sp³-hybridized carbons (Fsp3) is 0.611. The number of benzene rings is 1. The Hall–Kier alpha value is -1.35. The molecule has 2 rings (SSSR count). The Bertz CT molecular complexity index is 432. The topological polar surface area (TPSA) is 46.3 Å². The van der Waals surface area contributed by atoms with Crippen molar-refractivity contribution in [3.8, 4) is 0 Å². The highest BCUT2D eigenvalue weighted by Crippen LogP contribution is 2.32. The highest BCUT2D eigenvalue weighted by molar-refractivity contribution is 5.77. The number of carbonyl (C=O) groups is 1. The Labute approximate surface area is 128 Å². The van der Waals surface area contributed by atoms with Crippen LogP contribution in [0.4, 0.5) is 0 Å². The van der Waals surface area contributed by atoms with Crippen molar-refractivity contribution >= 4 is 5.91 Å². The van der Waals surface area contributed by atoms with Crippen molar-refractivity contribution in [1.82, 2.24) is 4.90 Å². The van der Waals surface area contributed by atoms with Gasteiger partial charge in [-0.05, 0) is 43.7 Å². The minimum Gasteiger partial charge on any atom is -0.336 e. The maximum Gasteiger partial charge on any atom is 0.223 e. The van der Waals surface area contributed by atoms with E-state index in [0.29, 0.717) is 18.2 Å². The molecule has 2 N–H and O–H groups in total. The van der Waals surface area contributed by atoms with E-state index in [-0.39, 0.29) is 6.04 Å². The summed E-state index contributed by atoms with van der Waals surface area (Å²) in [6.07, 6.45) is 6.01. The van der Waals surface area contributed by atoms with Gasteiger partial charge in [-0.1, -0.05) is 43.7 Å². The second kappa shape index (κ2) is 8.18. The Morgan fingerprint density at radius 3 is 2.76 bits per heavy atom. The molecule has 21 heavy (non-hydrogen) atoms. The number of hydrogen-bond acceptors (Lipinski definition) is 2. The lowest BCUT2D eigenvalue weighted by Gasteiger charge is -2.26. The second-order valence-corrected chi connectivity index (χ2v) is 6.05. The molecule has 3 heteroatoms. The van der Waals surface area contributed by atoms with Crippen LogP contribution in [-0.2, 0) is 4.79 Å². The van der Waals surface area contributed by atoms with Crippen molar-refractivity contribution in [3.05, 3.63) is 35.9 Å². The van der Waals surface area contributed by atoms with Gasteiger partial charge >= 0.3 is 0 Å². The third-order valence-corrected chi connectivity index (χ3v) is 4.68. The van der Waals surface area contributed by atoms with Gasteiger partial charge in [0.1, 0.15) is 0 Å². The van der Waals surface area contributed by atoms with Gasteiger partial charge in [-0.25, -0.2) is 0 Å². The summed E-state index contributed by atoms with van der Waals surface area (Å²) in [7, 11) is 0. The zero-order valence-corrected chi connectivity index (χ0v) is 13.1. The number of nitrogens with zero attached hydrogens (tertiary/aromatic N) is 1. The molecular formula is C18H28N2O. The molecule has 1 aromatic carbocycles. The van der Waals surface area contributed by atoms with E-state index in [1.165, 1.54) is 5.56 Å². The fourth-order valence-electron chi connectivity index (χ4n) is 3.35. The van der Waals surface area contributed by atoms with Crippen molar-refractivity contribution in [3.63, 3.8) is 0 Å². The molecule has 1 aliphatic rings. The van der Waals surface area contributed by atoms with Crippen LogP contribution in [0.2, 0.25) is 0 Å². The van der Waals surface area contributed by atoms with E-state index < -0.39 is 0 Å². The zero-order valence-electron chi connectivity index (χ0n) is 13.1. The van der Waals surface area contributed by atoms with Crippen molar-refractivity contribution in [2.45, 2.75) is 51.5 Å². The SMILES string of the molecule is CCC(CCN)CCC(=O)N1CCCC1c1ccccc1. The number of nitrogens with two attached hydrogens (primary N) is 1. The summed E-state index contributed by atoms with van der Waals surface area (Å²) in [6, 6.07) is 10.7. The highest BCUT2D eigenvalue weighted by atomic mass is 16.2. The fourth-order valence-corrected chi connectivity index (χ4v) is 3.35. The summed E-state index contributed by atoms with van der Waals surface area (Å²) in [6.45, 7) is 3.82. The molecule has 2 atom stereocenters. The van der Waals surface area contributed by atoms with E-state index in [0.717, 1.165) is 45.2 Å². The van der Waals surface area contributed by atoms with E-state index >= 15 is 0 Å². The molecule has 1 heterocycles. The molecule has 1 fully saturated rings. The van der Waals surface area contributed by atoms with Gasteiger partial charge in [-0.3, -0.25) is 4.79 Å². The van der Waals surface area contributed by atoms with Crippen LogP contribution < -0.4 is 5.73 Å². The van der Waals surface area contributed by atoms with Crippen LogP contribution in [0.5, 0.6) is 0 Å². The summed E-state index contributed by atoms with van der Waals surface area (Å²) >= 11 is 0. The molecule has 1 aliphatic heterocycles. The largest absolute Gasteiger partial charge is 0.336 e. The van der Waals surface area contributed by atoms with Gasteiger partial charge in [0, 0.05) is 13.0 Å². The van der Waals surface area contributed by atoms with Gasteiger partial charge in [0.15, 0.2) is 0 Å². The third kappa shape index (κ3) is 4.31. The molecule has 1 aromatic rings. The molecule has 3 nitrogen and oxygen atoms in total. The number of amides is 1. The maximum absolute atomic E-state index is 12.5. The van der Waals surface area contributed by atoms with E-state index in [2.05, 4.69) is 36.1 Å². The molecule has 0 saturated carbocycles. The minimum atomic E-state index is 0.285. The molecule has 0 bridgehead atoms. The number of hydrogen-bond donors (Lipinski definition) is 1. The molecule has 1 amide bonds. The Morgan fingerprint density at radius 2 is 2.10 bits per heavy atom. The van der Waals surface area contributed by atoms with Crippen LogP contribution in [0.25, 0.3) is 0 Å². The van der Waals surface area contributed by atoms with Gasteiger partial charge in [-0.2, -0.15) is 0 Å². The first-order valence-electron chi connectivity index (χ1n) is 8.30. The number of carbonyl (C=O) groups excluding carboxylic acids is 1. The Kier molecular flexibility index (Phi) is 6.24. The van der Waals surface area contributed by atoms with Gasteiger partial charge in [0.25, 0.3) is 0 Å². The molecule has 0 spiro atoms. The first kappa shape index (κ1) is 16.0. The summed E-state index contributed by atoms with van der Waals surface area (Å²) in [5, 5.41) is 0. The molecule has 0 aromatic heterocycles. The van der Waals surface area contributed by atoms with Crippen LogP contribution in [0.3, 0.4) is 0 Å². The van der Waals surface area contributed by atoms with E-state index in [4.69, 9.17) is 5.73 Å². The molecule has 0 aliphatic carbocycles. The van der Waals surface area contributed by atoms with Crippen molar-refractivity contribution in [2.75, 3.05) is 13.1 Å². The summed E-state index contributed by atoms with van der Waals surface area (Å²) in [5.74, 6) is 0.911. The minimum absolute atomic E-state index is 0.285. The Morgan fingerprint density at radius 1 is 1.33 bits per heavy atom. The number of likely N-dealkylation sites (tertiary alicyclic amines) is 1. The third-order valence-electron chi connectivity index (χ3n) is 4.68. The van der Waals surface area contributed by atoms with Crippen molar-refractivity contribution < 1.29 is 4.79 Å². The average molecular weight is 288 g/mol. The van der Waals surface area contributed by atoms with Crippen LogP contribution in [0.15, 0.2) is 30.3 Å². The van der Waals surface area contributed by atoms with E-state index in [1.807, 2.05) is 6.07 Å². The molecular weight excluding hydrogens is 260 g/mol. The molecule has 116 valence electrons. The Balaban J connectivity index is 1.92. The summed E-state index contributed by atoms with van der Waals surface area (Å²) in [5.41, 5.74) is 6.91. The summed E-state index contributed by atoms with van der Waals surface area (Å²) < 4.78 is 0. The summed E-state index contributed by atoms with van der Waals surface area (Å²) in [4.78, 5) is 14.6. The van der Waals surface area contributed by atoms with Crippen LogP contribution in [0.1, 0.15) is 57.1 Å². The lowest BCUT2D eigenvalue weighted by atomic mass is 9.96. The van der Waals surface area contributed by atoms with Crippen molar-refractivity contribution in [2.24, 2.45) is 11.7 Å². The standard InChI is InChI=1S/C18H28N2O/c1-2-15(12-13-19)10-11-18(21)20-14-6-9-17(20)16-7-4-3-5-8-16/h3-5,7-8,15,17H,2,6,9-14,19H2,1H3. The van der Waals surface area contributed by atoms with Gasteiger partial charge < -0.3 is 10.6 Å². The molecule has 0 radical (unpaired) electrons. The number of rotatable bonds is 7. The van der Waals surface area contributed by atoms with Gasteiger partial charge in [0.2, 0.25) is 5.91 Å². The van der Waals surface area contributed by atoms with Crippen LogP contribution in [-0.4, -0.2) is 23.9 Å². The first-order valence-corrected chi connectivity index (χ1v) is 8.30. The second-order valence-electron chi connectivity index (χ2n) is 6.05. The quantitative estimate of drug-likeness (QED) is 0.834. The maximum atomic E-state index is 12.5. The van der Waals surface area contributed by atoms with E-state index in [9.17, 15) is 4.79 Å². The normalized spacial score (nSPS) is 19.7. The van der Waals surface area contributed by atoms with E-state index in [1.54, 1.807) is 0 Å². The van der Waals surface area contributed by atoms with Gasteiger partial charge in [0.05, 0.1) is 6.04 Å². The highest BCUT2D eigenvalue weighted by Gasteiger charge is 2.29. The van der Waals surface area contributed by atoms with Crippen LogP contribution >= 0.6 is 0 Å². The monoisotopic (exact) mass is 288 g/mol. The molecule has 1 saturated heterocycles. The first-order chi connectivity index (χ1) is 10.3. The van der Waals surface area contributed by atoms with Gasteiger partial charge in [-0.15, -0.1) is 0 Å². The zero-order chi connectivity index (χ0) is 15.1. The molecule has 2 unspecified atom stereocenters. The lowest BCUT2D eigenvalue weighted by Crippen LogP contribution is -2.30. The lowest BCUT2D eigenvalue weighted by molar-refractivity contribution is -0.132. The predicted molar refractivity (Wildman–Crippen MR) is 86.8 cm³/mol. The predicted octanol–water partition coefficient (Wildman–Crippen LogP) is 3.51. The average Bonchev–Trinajstić information content (AvgIpc) is 3.01. The van der Waals surface area contributed by atoms with Crippen LogP contribution in [0, 0.1) is 5.92 Å².